The van der Waals surface area contributed by atoms with E-state index in [1.807, 2.05) is 0 Å². The van der Waals surface area contributed by atoms with Crippen LogP contribution >= 0.6 is 15.9 Å². The van der Waals surface area contributed by atoms with Crippen molar-refractivity contribution in [3.63, 3.8) is 0 Å². The van der Waals surface area contributed by atoms with Gasteiger partial charge in [-0.2, -0.15) is 0 Å². The van der Waals surface area contributed by atoms with E-state index >= 15 is 0 Å². The third kappa shape index (κ3) is 4.89. The van der Waals surface area contributed by atoms with E-state index in [0.717, 1.165) is 0 Å². The Kier molecular flexibility index (Phi) is 5.30. The average Bonchev–Trinajstić information content (AvgIpc) is 3.20. The summed E-state index contributed by atoms with van der Waals surface area (Å²) in [6.07, 6.45) is 3.31. The van der Waals surface area contributed by atoms with Crippen molar-refractivity contribution in [2.45, 2.75) is 18.9 Å². The van der Waals surface area contributed by atoms with Crippen molar-refractivity contribution in [1.29, 1.82) is 0 Å². The Morgan fingerprint density at radius 2 is 2.42 bits per heavy atom. The molecule has 1 heterocycles. The number of aliphatic hydroxyl groups is 1. The molecular formula is C13H17BrN2O3. The van der Waals surface area contributed by atoms with Crippen LogP contribution in [0.4, 0.5) is 0 Å². The molecule has 0 aliphatic heterocycles. The fraction of sp³-hybridized carbons (Fsp3) is 0.538. The first-order valence-corrected chi connectivity index (χ1v) is 7.10. The first-order chi connectivity index (χ1) is 9.16. The number of amides is 1. The molecule has 0 unspecified atom stereocenters. The number of hydrogen-bond donors (Lipinski definition) is 2. The van der Waals surface area contributed by atoms with Gasteiger partial charge in [0.2, 0.25) is 0 Å². The smallest absolute Gasteiger partial charge is 0.271 e. The fourth-order valence-electron chi connectivity index (χ4n) is 1.56. The molecule has 2 rings (SSSR count). The molecule has 1 aromatic rings. The maximum atomic E-state index is 11.8. The number of nitrogens with zero attached hydrogens (tertiary/aromatic N) is 1. The lowest BCUT2D eigenvalue weighted by Crippen LogP contribution is -2.35. The van der Waals surface area contributed by atoms with Crippen LogP contribution in [0.25, 0.3) is 0 Å². The molecule has 1 aliphatic carbocycles. The summed E-state index contributed by atoms with van der Waals surface area (Å²) in [6, 6.07) is 3.48. The second-order valence-corrected chi connectivity index (χ2v) is 5.53. The second-order valence-electron chi connectivity index (χ2n) is 4.68. The Labute approximate surface area is 120 Å². The van der Waals surface area contributed by atoms with Crippen molar-refractivity contribution in [1.82, 2.24) is 10.3 Å². The predicted molar refractivity (Wildman–Crippen MR) is 73.8 cm³/mol. The zero-order chi connectivity index (χ0) is 13.7. The highest BCUT2D eigenvalue weighted by molar-refractivity contribution is 9.10. The van der Waals surface area contributed by atoms with Crippen LogP contribution in [0.15, 0.2) is 22.8 Å². The quantitative estimate of drug-likeness (QED) is 0.792. The molecular weight excluding hydrogens is 312 g/mol. The highest BCUT2D eigenvalue weighted by Gasteiger charge is 2.21. The standard InChI is InChI=1S/C13H17BrN2O3/c14-11-2-1-5-15-12(11)13(18)16-6-10(17)8-19-7-9-3-4-9/h1-2,5,9-10,17H,3-4,6-8H2,(H,16,18)/t10-/m0/s1. The van der Waals surface area contributed by atoms with Gasteiger partial charge in [-0.05, 0) is 46.8 Å². The van der Waals surface area contributed by atoms with Gasteiger partial charge in [0.05, 0.1) is 12.7 Å². The molecule has 1 aromatic heterocycles. The van der Waals surface area contributed by atoms with Crippen LogP contribution in [0.3, 0.4) is 0 Å². The van der Waals surface area contributed by atoms with Crippen LogP contribution in [0, 0.1) is 5.92 Å². The lowest BCUT2D eigenvalue weighted by Gasteiger charge is -2.12. The zero-order valence-electron chi connectivity index (χ0n) is 10.5. The summed E-state index contributed by atoms with van der Waals surface area (Å²) in [5.74, 6) is 0.361. The molecule has 1 amide bonds. The molecule has 2 N–H and O–H groups in total. The van der Waals surface area contributed by atoms with Crippen LogP contribution in [0.5, 0.6) is 0 Å². The maximum Gasteiger partial charge on any atom is 0.271 e. The molecule has 6 heteroatoms. The Balaban J connectivity index is 1.68. The van der Waals surface area contributed by atoms with Crippen LogP contribution in [-0.2, 0) is 4.74 Å². The van der Waals surface area contributed by atoms with Gasteiger partial charge in [0.1, 0.15) is 5.69 Å². The molecule has 1 aliphatic rings. The molecule has 0 bridgehead atoms. The number of carbonyl (C=O) groups excluding carboxylic acids is 1. The summed E-state index contributed by atoms with van der Waals surface area (Å²) in [5.41, 5.74) is 0.314. The molecule has 0 saturated heterocycles. The van der Waals surface area contributed by atoms with Gasteiger partial charge in [-0.25, -0.2) is 4.98 Å². The lowest BCUT2D eigenvalue weighted by atomic mass is 10.3. The van der Waals surface area contributed by atoms with Gasteiger partial charge in [-0.15, -0.1) is 0 Å². The lowest BCUT2D eigenvalue weighted by molar-refractivity contribution is 0.0320. The monoisotopic (exact) mass is 328 g/mol. The molecule has 1 fully saturated rings. The molecule has 0 spiro atoms. The normalized spacial score (nSPS) is 16.1. The Hall–Kier alpha value is -0.980. The van der Waals surface area contributed by atoms with Gasteiger partial charge in [0, 0.05) is 23.8 Å². The molecule has 5 nitrogen and oxygen atoms in total. The second kappa shape index (κ2) is 6.98. The van der Waals surface area contributed by atoms with Gasteiger partial charge in [0.25, 0.3) is 5.91 Å². The van der Waals surface area contributed by atoms with Crippen LogP contribution in [-0.4, -0.2) is 41.9 Å². The van der Waals surface area contributed by atoms with E-state index < -0.39 is 6.10 Å². The van der Waals surface area contributed by atoms with E-state index in [4.69, 9.17) is 4.74 Å². The van der Waals surface area contributed by atoms with Gasteiger partial charge < -0.3 is 15.2 Å². The molecule has 104 valence electrons. The minimum atomic E-state index is -0.690. The predicted octanol–water partition coefficient (Wildman–Crippen LogP) is 1.36. The van der Waals surface area contributed by atoms with E-state index in [0.29, 0.717) is 22.7 Å². The summed E-state index contributed by atoms with van der Waals surface area (Å²) in [4.78, 5) is 15.8. The summed E-state index contributed by atoms with van der Waals surface area (Å²) < 4.78 is 5.99. The largest absolute Gasteiger partial charge is 0.389 e. The molecule has 1 atom stereocenters. The van der Waals surface area contributed by atoms with E-state index in [1.165, 1.54) is 12.8 Å². The summed E-state index contributed by atoms with van der Waals surface area (Å²) >= 11 is 3.26. The number of rotatable bonds is 7. The van der Waals surface area contributed by atoms with Gasteiger partial charge in [0.15, 0.2) is 0 Å². The SMILES string of the molecule is O=C(NC[C@H](O)COCC1CC1)c1ncccc1Br. The van der Waals surface area contributed by atoms with Crippen molar-refractivity contribution < 1.29 is 14.6 Å². The van der Waals surface area contributed by atoms with Crippen molar-refractivity contribution in [3.8, 4) is 0 Å². The van der Waals surface area contributed by atoms with Crippen LogP contribution in [0.2, 0.25) is 0 Å². The van der Waals surface area contributed by atoms with Crippen molar-refractivity contribution in [3.05, 3.63) is 28.5 Å². The van der Waals surface area contributed by atoms with Crippen molar-refractivity contribution in [2.75, 3.05) is 19.8 Å². The number of hydrogen-bond acceptors (Lipinski definition) is 4. The molecule has 19 heavy (non-hydrogen) atoms. The molecule has 0 radical (unpaired) electrons. The minimum absolute atomic E-state index is 0.159. The number of aromatic nitrogens is 1. The highest BCUT2D eigenvalue weighted by Crippen LogP contribution is 2.28. The van der Waals surface area contributed by atoms with Gasteiger partial charge >= 0.3 is 0 Å². The van der Waals surface area contributed by atoms with Crippen LogP contribution in [0.1, 0.15) is 23.3 Å². The van der Waals surface area contributed by atoms with E-state index in [9.17, 15) is 9.90 Å². The number of nitrogens with one attached hydrogen (secondary N) is 1. The third-order valence-corrected chi connectivity index (χ3v) is 3.47. The van der Waals surface area contributed by atoms with Crippen molar-refractivity contribution in [2.24, 2.45) is 5.92 Å². The maximum absolute atomic E-state index is 11.8. The Morgan fingerprint density at radius 1 is 1.63 bits per heavy atom. The minimum Gasteiger partial charge on any atom is -0.389 e. The number of aliphatic hydroxyl groups excluding tert-OH is 1. The summed E-state index contributed by atoms with van der Waals surface area (Å²) in [5, 5.41) is 12.3. The third-order valence-electron chi connectivity index (χ3n) is 2.83. The zero-order valence-corrected chi connectivity index (χ0v) is 12.1. The van der Waals surface area contributed by atoms with Crippen molar-refractivity contribution >= 4 is 21.8 Å². The van der Waals surface area contributed by atoms with E-state index in [1.54, 1.807) is 18.3 Å². The van der Waals surface area contributed by atoms with E-state index in [2.05, 4.69) is 26.2 Å². The number of ether oxygens (including phenoxy) is 1. The number of halogens is 1. The van der Waals surface area contributed by atoms with E-state index in [-0.39, 0.29) is 19.1 Å². The fourth-order valence-corrected chi connectivity index (χ4v) is 2.00. The molecule has 0 aromatic carbocycles. The first-order valence-electron chi connectivity index (χ1n) is 6.31. The van der Waals surface area contributed by atoms with Gasteiger partial charge in [-0.1, -0.05) is 0 Å². The number of pyridine rings is 1. The summed E-state index contributed by atoms with van der Waals surface area (Å²) in [7, 11) is 0. The first kappa shape index (κ1) is 14.4. The van der Waals surface area contributed by atoms with Crippen LogP contribution < -0.4 is 5.32 Å². The Morgan fingerprint density at radius 3 is 3.11 bits per heavy atom. The van der Waals surface area contributed by atoms with Gasteiger partial charge in [-0.3, -0.25) is 4.79 Å². The number of carbonyl (C=O) groups is 1. The Bertz CT molecular complexity index is 438. The average molecular weight is 329 g/mol. The highest BCUT2D eigenvalue weighted by atomic mass is 79.9. The topological polar surface area (TPSA) is 71.5 Å². The summed E-state index contributed by atoms with van der Waals surface area (Å²) in [6.45, 7) is 1.11. The molecule has 1 saturated carbocycles.